The van der Waals surface area contributed by atoms with E-state index >= 15 is 0 Å². The lowest BCUT2D eigenvalue weighted by Crippen LogP contribution is -2.23. The molecule has 1 aromatic carbocycles. The predicted octanol–water partition coefficient (Wildman–Crippen LogP) is 2.33. The van der Waals surface area contributed by atoms with Crippen molar-refractivity contribution in [3.8, 4) is 0 Å². The van der Waals surface area contributed by atoms with Crippen LogP contribution in [0.1, 0.15) is 33.5 Å². The van der Waals surface area contributed by atoms with E-state index in [4.69, 9.17) is 11.6 Å². The van der Waals surface area contributed by atoms with Crippen LogP contribution in [0.25, 0.3) is 0 Å². The SMILES string of the molecule is CC(=O)c1cc(C(=O)NCc2ccc(F)cc2Cl)[nH]n1. The highest BCUT2D eigenvalue weighted by Crippen LogP contribution is 2.17. The molecule has 0 saturated heterocycles. The minimum atomic E-state index is -0.440. The van der Waals surface area contributed by atoms with Gasteiger partial charge in [-0.2, -0.15) is 5.10 Å². The van der Waals surface area contributed by atoms with Crippen LogP contribution in [-0.4, -0.2) is 21.9 Å². The van der Waals surface area contributed by atoms with Gasteiger partial charge in [-0.05, 0) is 23.8 Å². The van der Waals surface area contributed by atoms with Crippen molar-refractivity contribution in [1.82, 2.24) is 15.5 Å². The Morgan fingerprint density at radius 3 is 2.75 bits per heavy atom. The van der Waals surface area contributed by atoms with Crippen molar-refractivity contribution in [3.05, 3.63) is 52.1 Å². The van der Waals surface area contributed by atoms with Crippen molar-refractivity contribution in [2.75, 3.05) is 0 Å². The van der Waals surface area contributed by atoms with E-state index in [1.54, 1.807) is 0 Å². The molecule has 1 aromatic heterocycles. The zero-order chi connectivity index (χ0) is 14.7. The molecular formula is C13H11ClFN3O2. The molecular weight excluding hydrogens is 285 g/mol. The zero-order valence-electron chi connectivity index (χ0n) is 10.5. The van der Waals surface area contributed by atoms with Gasteiger partial charge in [-0.25, -0.2) is 4.39 Å². The summed E-state index contributed by atoms with van der Waals surface area (Å²) in [6.45, 7) is 1.50. The van der Waals surface area contributed by atoms with E-state index in [0.29, 0.717) is 5.56 Å². The summed E-state index contributed by atoms with van der Waals surface area (Å²) in [7, 11) is 0. The topological polar surface area (TPSA) is 74.8 Å². The summed E-state index contributed by atoms with van der Waals surface area (Å²) in [5.74, 6) is -1.10. The maximum absolute atomic E-state index is 12.9. The number of aromatic amines is 1. The molecule has 2 N–H and O–H groups in total. The van der Waals surface area contributed by atoms with Gasteiger partial charge in [0.1, 0.15) is 17.2 Å². The number of carbonyl (C=O) groups is 2. The van der Waals surface area contributed by atoms with Crippen molar-refractivity contribution in [2.24, 2.45) is 0 Å². The molecule has 0 saturated carbocycles. The molecule has 0 fully saturated rings. The number of halogens is 2. The lowest BCUT2D eigenvalue weighted by molar-refractivity contribution is 0.0945. The van der Waals surface area contributed by atoms with Gasteiger partial charge in [0.05, 0.1) is 0 Å². The number of nitrogens with zero attached hydrogens (tertiary/aromatic N) is 1. The number of H-pyrrole nitrogens is 1. The first kappa shape index (κ1) is 14.2. The summed E-state index contributed by atoms with van der Waals surface area (Å²) in [6, 6.07) is 5.29. The number of amides is 1. The number of benzene rings is 1. The molecule has 0 spiro atoms. The maximum atomic E-state index is 12.9. The summed E-state index contributed by atoms with van der Waals surface area (Å²) < 4.78 is 12.9. The van der Waals surface area contributed by atoms with Gasteiger partial charge in [0, 0.05) is 18.5 Å². The molecule has 1 heterocycles. The van der Waals surface area contributed by atoms with E-state index in [0.717, 1.165) is 0 Å². The van der Waals surface area contributed by atoms with Gasteiger partial charge in [0.25, 0.3) is 5.91 Å². The van der Waals surface area contributed by atoms with Crippen LogP contribution in [-0.2, 0) is 6.54 Å². The monoisotopic (exact) mass is 295 g/mol. The lowest BCUT2D eigenvalue weighted by atomic mass is 10.2. The Kier molecular flexibility index (Phi) is 4.14. The van der Waals surface area contributed by atoms with Crippen molar-refractivity contribution in [3.63, 3.8) is 0 Å². The van der Waals surface area contributed by atoms with Crippen molar-refractivity contribution in [1.29, 1.82) is 0 Å². The number of hydrogen-bond acceptors (Lipinski definition) is 3. The second kappa shape index (κ2) is 5.83. The summed E-state index contributed by atoms with van der Waals surface area (Å²) >= 11 is 5.85. The minimum Gasteiger partial charge on any atom is -0.347 e. The molecule has 2 aromatic rings. The molecule has 1 amide bonds. The van der Waals surface area contributed by atoms with Gasteiger partial charge in [0.15, 0.2) is 5.78 Å². The molecule has 20 heavy (non-hydrogen) atoms. The van der Waals surface area contributed by atoms with Crippen LogP contribution in [0.5, 0.6) is 0 Å². The van der Waals surface area contributed by atoms with E-state index in [1.807, 2.05) is 0 Å². The highest BCUT2D eigenvalue weighted by Gasteiger charge is 2.12. The summed E-state index contributed by atoms with van der Waals surface area (Å²) in [5, 5.41) is 9.02. The fraction of sp³-hybridized carbons (Fsp3) is 0.154. The first-order valence-corrected chi connectivity index (χ1v) is 6.13. The van der Waals surface area contributed by atoms with Gasteiger partial charge in [-0.15, -0.1) is 0 Å². The average Bonchev–Trinajstić information content (AvgIpc) is 2.87. The first-order chi connectivity index (χ1) is 9.47. The average molecular weight is 296 g/mol. The van der Waals surface area contributed by atoms with Gasteiger partial charge < -0.3 is 5.32 Å². The van der Waals surface area contributed by atoms with Crippen molar-refractivity contribution >= 4 is 23.3 Å². The highest BCUT2D eigenvalue weighted by atomic mass is 35.5. The zero-order valence-corrected chi connectivity index (χ0v) is 11.3. The summed E-state index contributed by atoms with van der Waals surface area (Å²) in [5.41, 5.74) is 0.955. The quantitative estimate of drug-likeness (QED) is 0.850. The molecule has 0 radical (unpaired) electrons. The van der Waals surface area contributed by atoms with E-state index < -0.39 is 11.7 Å². The number of ketones is 1. The Labute approximate surface area is 119 Å². The van der Waals surface area contributed by atoms with Crippen molar-refractivity contribution in [2.45, 2.75) is 13.5 Å². The van der Waals surface area contributed by atoms with Crippen LogP contribution in [0.15, 0.2) is 24.3 Å². The molecule has 7 heteroatoms. The molecule has 0 bridgehead atoms. The summed E-state index contributed by atoms with van der Waals surface area (Å²) in [4.78, 5) is 22.9. The first-order valence-electron chi connectivity index (χ1n) is 5.76. The number of hydrogen-bond donors (Lipinski definition) is 2. The van der Waals surface area contributed by atoms with Crippen LogP contribution in [0.4, 0.5) is 4.39 Å². The van der Waals surface area contributed by atoms with Gasteiger partial charge >= 0.3 is 0 Å². The maximum Gasteiger partial charge on any atom is 0.269 e. The fourth-order valence-electron chi connectivity index (χ4n) is 1.55. The number of nitrogens with one attached hydrogen (secondary N) is 2. The number of aromatic nitrogens is 2. The molecule has 0 aliphatic heterocycles. The molecule has 5 nitrogen and oxygen atoms in total. The summed E-state index contributed by atoms with van der Waals surface area (Å²) in [6.07, 6.45) is 0. The largest absolute Gasteiger partial charge is 0.347 e. The Hall–Kier alpha value is -2.21. The Bertz CT molecular complexity index is 669. The van der Waals surface area contributed by atoms with E-state index in [9.17, 15) is 14.0 Å². The smallest absolute Gasteiger partial charge is 0.269 e. The van der Waals surface area contributed by atoms with Crippen LogP contribution in [0.3, 0.4) is 0 Å². The van der Waals surface area contributed by atoms with E-state index in [1.165, 1.54) is 31.2 Å². The number of Topliss-reactive ketones (excluding diaryl/α,β-unsaturated/α-hetero) is 1. The third-order valence-corrected chi connectivity index (χ3v) is 2.99. The minimum absolute atomic E-state index is 0.145. The highest BCUT2D eigenvalue weighted by molar-refractivity contribution is 6.31. The second-order valence-electron chi connectivity index (χ2n) is 4.14. The molecule has 2 rings (SSSR count). The van der Waals surface area contributed by atoms with Gasteiger partial charge in [0.2, 0.25) is 0 Å². The molecule has 0 unspecified atom stereocenters. The van der Waals surface area contributed by atoms with Crippen LogP contribution in [0.2, 0.25) is 5.02 Å². The van der Waals surface area contributed by atoms with Crippen molar-refractivity contribution < 1.29 is 14.0 Å². The predicted molar refractivity (Wildman–Crippen MR) is 71.2 cm³/mol. The Morgan fingerprint density at radius 1 is 1.40 bits per heavy atom. The second-order valence-corrected chi connectivity index (χ2v) is 4.55. The molecule has 0 aliphatic carbocycles. The van der Waals surface area contributed by atoms with Gasteiger partial charge in [-0.3, -0.25) is 14.7 Å². The van der Waals surface area contributed by atoms with Crippen LogP contribution < -0.4 is 5.32 Å². The molecule has 0 aliphatic rings. The van der Waals surface area contributed by atoms with E-state index in [-0.39, 0.29) is 28.7 Å². The van der Waals surface area contributed by atoms with Gasteiger partial charge in [-0.1, -0.05) is 17.7 Å². The Morgan fingerprint density at radius 2 is 2.15 bits per heavy atom. The third kappa shape index (κ3) is 3.21. The normalized spacial score (nSPS) is 10.3. The Balaban J connectivity index is 2.02. The fourth-order valence-corrected chi connectivity index (χ4v) is 1.79. The number of rotatable bonds is 4. The van der Waals surface area contributed by atoms with E-state index in [2.05, 4.69) is 15.5 Å². The standard InChI is InChI=1S/C13H11ClFN3O2/c1-7(19)11-5-12(18-17-11)13(20)16-6-8-2-3-9(15)4-10(8)14/h2-5H,6H2,1H3,(H,16,20)(H,17,18). The molecule has 0 atom stereocenters. The molecule has 104 valence electrons. The van der Waals surface area contributed by atoms with Crippen LogP contribution >= 0.6 is 11.6 Å². The third-order valence-electron chi connectivity index (χ3n) is 2.64. The van der Waals surface area contributed by atoms with Crippen LogP contribution in [0, 0.1) is 5.82 Å². The number of carbonyl (C=O) groups excluding carboxylic acids is 2. The lowest BCUT2D eigenvalue weighted by Gasteiger charge is -2.05.